The quantitative estimate of drug-likeness (QED) is 0.0450. The molecular weight excluding hydrogens is 1500 g/mol. The molecule has 117 heavy (non-hydrogen) atoms. The number of likely N-dealkylation sites (tertiary alicyclic amines) is 1. The maximum absolute atomic E-state index is 13.9. The molecule has 0 unspecified atom stereocenters. The molecule has 21 heteroatoms. The largest absolute Gasteiger partial charge is 0.348 e. The minimum atomic E-state index is -0.324. The van der Waals surface area contributed by atoms with E-state index < -0.39 is 0 Å². The number of hydrogen-bond acceptors (Lipinski definition) is 11. The topological polar surface area (TPSA) is 141 Å². The van der Waals surface area contributed by atoms with E-state index in [9.17, 15) is 40.7 Å². The lowest BCUT2D eigenvalue weighted by molar-refractivity contribution is 0.0943. The van der Waals surface area contributed by atoms with Crippen molar-refractivity contribution < 1.29 is 40.7 Å². The van der Waals surface area contributed by atoms with Crippen molar-refractivity contribution in [1.82, 2.24) is 25.8 Å². The molecule has 0 aliphatic carbocycles. The van der Waals surface area contributed by atoms with Gasteiger partial charge in [0, 0.05) is 102 Å². The van der Waals surface area contributed by atoms with E-state index in [1.165, 1.54) is 92.1 Å². The summed E-state index contributed by atoms with van der Waals surface area (Å²) in [6.45, 7) is 7.15. The maximum atomic E-state index is 13.9. The van der Waals surface area contributed by atoms with Crippen LogP contribution in [0.15, 0.2) is 288 Å². The van der Waals surface area contributed by atoms with Crippen molar-refractivity contribution in [2.24, 2.45) is 15.0 Å². The van der Waals surface area contributed by atoms with Gasteiger partial charge in [0.2, 0.25) is 0 Å². The number of benzene rings is 12. The Morgan fingerprint density at radius 2 is 0.650 bits per heavy atom. The average Bonchev–Trinajstić information content (AvgIpc) is 1.65. The average molecular weight is 1590 g/mol. The minimum Gasteiger partial charge on any atom is -0.348 e. The van der Waals surface area contributed by atoms with Crippen LogP contribution in [-0.4, -0.2) is 110 Å². The molecule has 12 aromatic rings. The van der Waals surface area contributed by atoms with Crippen molar-refractivity contribution in [2.75, 3.05) is 80.5 Å². The number of carbonyl (C=O) groups excluding carboxylic acids is 3. The van der Waals surface area contributed by atoms with Crippen molar-refractivity contribution >= 4 is 97.6 Å². The van der Waals surface area contributed by atoms with E-state index in [0.29, 0.717) is 64.1 Å². The van der Waals surface area contributed by atoms with Crippen LogP contribution >= 0.6 is 11.6 Å². The number of hydrogen-bond donors (Lipinski definition) is 3. The van der Waals surface area contributed by atoms with Crippen molar-refractivity contribution in [3.8, 4) is 0 Å². The fourth-order valence-corrected chi connectivity index (χ4v) is 14.7. The number of anilines is 6. The molecule has 3 N–H and O–H groups in total. The number of nitrogens with one attached hydrogen (secondary N) is 3. The van der Waals surface area contributed by atoms with Crippen LogP contribution in [0.2, 0.25) is 0 Å². The number of halogens is 7. The molecule has 12 aromatic carbocycles. The lowest BCUT2D eigenvalue weighted by Gasteiger charge is -2.30. The Labute approximate surface area is 682 Å². The molecule has 0 atom stereocenters. The Morgan fingerprint density at radius 3 is 0.966 bits per heavy atom. The standard InChI is InChI=1S/C35H34F2N4O.C31H28F2N4O.C30H24ClF2N3O/c36-28-14-9-25(10-15-28)24-38-35(42)27-13-18-33-31(23-27)39-34(26-11-16-29(37)17-12-26)30-7-2-3-8-32(30)41(33)22-6-21-40-19-4-1-5-20-40;1-36(2)17-18-37-28-6-4-3-5-26(28)30(22-9-14-25(33)15-10-22)35-27-19-23(11-16-29(27)37)31(38)34-20-21-7-12-24(32)13-8-21;31-16-3-17-36-27-5-2-1-4-25(27)29(21-8-13-24(33)14-9-21)35-26-18-22(10-15-28(26)36)30(37)34-19-20-6-11-23(32)12-7-20/h2-3,7-18,23H,1,4-6,19-22,24H2,(H,38,42);3-16,19H,17-18,20H2,1-2H3,(H,34,38);1-2,4-15,18H,3,16-17,19H2,(H,34,37). The summed E-state index contributed by atoms with van der Waals surface area (Å²) in [5.74, 6) is -2.15. The van der Waals surface area contributed by atoms with E-state index in [4.69, 9.17) is 26.6 Å². The first-order chi connectivity index (χ1) is 57.0. The van der Waals surface area contributed by atoms with Gasteiger partial charge in [-0.2, -0.15) is 0 Å². The molecule has 16 rings (SSSR count). The number of para-hydroxylation sites is 3. The lowest BCUT2D eigenvalue weighted by atomic mass is 10.00. The highest BCUT2D eigenvalue weighted by Gasteiger charge is 2.30. The van der Waals surface area contributed by atoms with Crippen LogP contribution in [0.1, 0.15) is 113 Å². The number of nitrogens with zero attached hydrogens (tertiary/aromatic N) is 8. The summed E-state index contributed by atoms with van der Waals surface area (Å²) in [5.41, 5.74) is 18.7. The highest BCUT2D eigenvalue weighted by atomic mass is 35.5. The highest BCUT2D eigenvalue weighted by Crippen LogP contribution is 2.45. The summed E-state index contributed by atoms with van der Waals surface area (Å²) in [5, 5.41) is 8.72. The summed E-state index contributed by atoms with van der Waals surface area (Å²) in [7, 11) is 4.05. The molecule has 0 bridgehead atoms. The van der Waals surface area contributed by atoms with Gasteiger partial charge in [-0.25, -0.2) is 41.3 Å². The zero-order valence-electron chi connectivity index (χ0n) is 64.7. The van der Waals surface area contributed by atoms with Gasteiger partial charge in [0.1, 0.15) is 34.9 Å². The van der Waals surface area contributed by atoms with Gasteiger partial charge in [-0.15, -0.1) is 11.6 Å². The number of alkyl halides is 1. The summed E-state index contributed by atoms with van der Waals surface area (Å²) in [4.78, 5) is 65.8. The molecule has 4 aliphatic heterocycles. The van der Waals surface area contributed by atoms with Crippen LogP contribution in [0.3, 0.4) is 0 Å². The molecule has 1 fully saturated rings. The second-order valence-electron chi connectivity index (χ2n) is 29.0. The fraction of sp³-hybridized carbons (Fsp3) is 0.188. The number of amides is 3. The predicted molar refractivity (Wildman–Crippen MR) is 456 cm³/mol. The molecule has 0 spiro atoms. The minimum absolute atomic E-state index is 0.237. The van der Waals surface area contributed by atoms with Gasteiger partial charge in [-0.3, -0.25) is 14.4 Å². The lowest BCUT2D eigenvalue weighted by Crippen LogP contribution is -2.32. The highest BCUT2D eigenvalue weighted by molar-refractivity contribution is 6.21. The molecule has 1 saturated heterocycles. The van der Waals surface area contributed by atoms with Crippen LogP contribution in [0.25, 0.3) is 0 Å². The molecule has 3 amide bonds. The molecule has 4 aliphatic rings. The first kappa shape index (κ1) is 80.8. The third-order valence-corrected chi connectivity index (χ3v) is 20.9. The number of likely N-dealkylation sites (N-methyl/N-ethyl adjacent to an activating group) is 1. The monoisotopic (exact) mass is 1590 g/mol. The van der Waals surface area contributed by atoms with E-state index in [1.807, 2.05) is 99.0 Å². The molecule has 4 heterocycles. The first-order valence-corrected chi connectivity index (χ1v) is 39.6. The van der Waals surface area contributed by atoms with Gasteiger partial charge in [-0.05, 0) is 258 Å². The smallest absolute Gasteiger partial charge is 0.251 e. The Hall–Kier alpha value is -12.8. The third kappa shape index (κ3) is 20.1. The summed E-state index contributed by atoms with van der Waals surface area (Å²) in [6, 6.07) is 77.7. The second kappa shape index (κ2) is 38.1. The molecule has 0 aromatic heterocycles. The van der Waals surface area contributed by atoms with E-state index in [-0.39, 0.29) is 72.3 Å². The SMILES string of the molecule is CN(C)CCN1c2ccc(C(=O)NCc3ccc(F)cc3)cc2N=C(c2ccc(F)cc2)c2ccccc21.O=C(NCc1ccc(F)cc1)c1ccc2c(c1)N=C(c1ccc(F)cc1)c1ccccc1N2CCCCl.O=C(NCc1ccc(F)cc1)c1ccc2c(c1)N=C(c1ccc(F)cc1)c1ccccc1N2CCCN1CCCCC1. The van der Waals surface area contributed by atoms with E-state index in [2.05, 4.69) is 58.6 Å². The van der Waals surface area contributed by atoms with Crippen molar-refractivity contribution in [2.45, 2.75) is 51.7 Å². The number of aliphatic imine (C=N–C) groups is 3. The van der Waals surface area contributed by atoms with Gasteiger partial charge >= 0.3 is 0 Å². The fourth-order valence-electron chi connectivity index (χ4n) is 14.6. The molecule has 0 radical (unpaired) electrons. The number of fused-ring (bicyclic) bond motifs is 6. The normalized spacial score (nSPS) is 13.3. The molecule has 0 saturated carbocycles. The zero-order chi connectivity index (χ0) is 81.3. The maximum Gasteiger partial charge on any atom is 0.251 e. The third-order valence-electron chi connectivity index (χ3n) is 20.7. The van der Waals surface area contributed by atoms with E-state index >= 15 is 0 Å². The van der Waals surface area contributed by atoms with Crippen molar-refractivity contribution in [1.29, 1.82) is 0 Å². The Morgan fingerprint density at radius 1 is 0.350 bits per heavy atom. The van der Waals surface area contributed by atoms with Crippen molar-refractivity contribution in [3.63, 3.8) is 0 Å². The van der Waals surface area contributed by atoms with Crippen LogP contribution in [-0.2, 0) is 19.6 Å². The Balaban J connectivity index is 0.000000145. The summed E-state index contributed by atoms with van der Waals surface area (Å²) < 4.78 is 81.0. The first-order valence-electron chi connectivity index (χ1n) is 39.1. The molecule has 592 valence electrons. The zero-order valence-corrected chi connectivity index (χ0v) is 65.5. The van der Waals surface area contributed by atoms with Gasteiger partial charge in [0.25, 0.3) is 17.7 Å². The Bertz CT molecular complexity index is 5610. The number of piperidine rings is 1. The molecular formula is C96H86ClF6N11O3. The summed E-state index contributed by atoms with van der Waals surface area (Å²) in [6.07, 6.45) is 5.57. The van der Waals surface area contributed by atoms with E-state index in [0.717, 1.165) is 135 Å². The predicted octanol–water partition coefficient (Wildman–Crippen LogP) is 20.6. The number of carbonyl (C=O) groups is 3. The van der Waals surface area contributed by atoms with Gasteiger partial charge in [0.05, 0.1) is 68.3 Å². The van der Waals surface area contributed by atoms with Crippen LogP contribution in [0.5, 0.6) is 0 Å². The summed E-state index contributed by atoms with van der Waals surface area (Å²) >= 11 is 6.05. The van der Waals surface area contributed by atoms with E-state index in [1.54, 1.807) is 97.1 Å². The number of rotatable bonds is 22. The van der Waals surface area contributed by atoms with Gasteiger partial charge in [0.15, 0.2) is 0 Å². The molecule has 14 nitrogen and oxygen atoms in total. The van der Waals surface area contributed by atoms with Crippen LogP contribution in [0.4, 0.5) is 77.5 Å². The van der Waals surface area contributed by atoms with Crippen LogP contribution < -0.4 is 30.7 Å². The van der Waals surface area contributed by atoms with Gasteiger partial charge < -0.3 is 40.4 Å². The van der Waals surface area contributed by atoms with Crippen LogP contribution in [0, 0.1) is 34.9 Å². The van der Waals surface area contributed by atoms with Crippen molar-refractivity contribution in [3.05, 3.63) is 375 Å². The van der Waals surface area contributed by atoms with Gasteiger partial charge in [-0.1, -0.05) is 97.4 Å². The Kier molecular flexibility index (Phi) is 26.3. The second-order valence-corrected chi connectivity index (χ2v) is 29.4.